The Morgan fingerprint density at radius 1 is 1.26 bits per heavy atom. The van der Waals surface area contributed by atoms with E-state index in [1.54, 1.807) is 0 Å². The van der Waals surface area contributed by atoms with Crippen LogP contribution in [0.2, 0.25) is 0 Å². The van der Waals surface area contributed by atoms with Gasteiger partial charge in [-0.3, -0.25) is 4.79 Å². The van der Waals surface area contributed by atoms with Gasteiger partial charge in [-0.1, -0.05) is 23.8 Å². The van der Waals surface area contributed by atoms with E-state index in [0.717, 1.165) is 11.1 Å². The Kier molecular flexibility index (Phi) is 5.47. The second-order valence-electron chi connectivity index (χ2n) is 6.53. The Morgan fingerprint density at radius 3 is 2.43 bits per heavy atom. The first-order valence-electron chi connectivity index (χ1n) is 8.01. The smallest absolute Gasteiger partial charge is 0.223 e. The highest BCUT2D eigenvalue weighted by atomic mass is 32.2. The Morgan fingerprint density at radius 2 is 1.87 bits per heavy atom. The molecule has 1 saturated heterocycles. The van der Waals surface area contributed by atoms with Crippen molar-refractivity contribution in [2.45, 2.75) is 39.7 Å². The number of rotatable bonds is 4. The van der Waals surface area contributed by atoms with Crippen LogP contribution in [-0.4, -0.2) is 38.0 Å². The van der Waals surface area contributed by atoms with E-state index in [-0.39, 0.29) is 17.9 Å². The van der Waals surface area contributed by atoms with Crippen molar-refractivity contribution in [2.24, 2.45) is 5.92 Å². The summed E-state index contributed by atoms with van der Waals surface area (Å²) in [5.74, 6) is -0.0906. The van der Waals surface area contributed by atoms with Crippen molar-refractivity contribution in [1.82, 2.24) is 9.62 Å². The first-order chi connectivity index (χ1) is 10.7. The van der Waals surface area contributed by atoms with Gasteiger partial charge in [-0.25, -0.2) is 12.7 Å². The highest BCUT2D eigenvalue weighted by Gasteiger charge is 2.29. The van der Waals surface area contributed by atoms with Gasteiger partial charge in [0.2, 0.25) is 15.9 Å². The third-order valence-corrected chi connectivity index (χ3v) is 5.86. The summed E-state index contributed by atoms with van der Waals surface area (Å²) in [6.45, 7) is 6.93. The molecule has 1 aromatic carbocycles. The molecule has 5 nitrogen and oxygen atoms in total. The summed E-state index contributed by atoms with van der Waals surface area (Å²) >= 11 is 0. The molecule has 0 radical (unpaired) electrons. The Bertz CT molecular complexity index is 677. The molecule has 1 amide bonds. The van der Waals surface area contributed by atoms with Crippen molar-refractivity contribution in [1.29, 1.82) is 0 Å². The van der Waals surface area contributed by atoms with Crippen LogP contribution in [0.15, 0.2) is 18.2 Å². The number of amides is 1. The van der Waals surface area contributed by atoms with Gasteiger partial charge >= 0.3 is 0 Å². The van der Waals surface area contributed by atoms with E-state index in [1.165, 1.54) is 16.1 Å². The van der Waals surface area contributed by atoms with Crippen molar-refractivity contribution in [2.75, 3.05) is 19.3 Å². The van der Waals surface area contributed by atoms with E-state index in [2.05, 4.69) is 23.5 Å². The van der Waals surface area contributed by atoms with Crippen molar-refractivity contribution < 1.29 is 13.2 Å². The number of nitrogens with one attached hydrogen (secondary N) is 1. The molecule has 2 rings (SSSR count). The maximum absolute atomic E-state index is 12.5. The second-order valence-corrected chi connectivity index (χ2v) is 8.51. The minimum atomic E-state index is -3.15. The van der Waals surface area contributed by atoms with Gasteiger partial charge in [0.15, 0.2) is 0 Å². The van der Waals surface area contributed by atoms with Crippen LogP contribution in [-0.2, 0) is 14.8 Å². The molecule has 1 unspecified atom stereocenters. The van der Waals surface area contributed by atoms with Crippen molar-refractivity contribution >= 4 is 15.9 Å². The van der Waals surface area contributed by atoms with Gasteiger partial charge in [-0.15, -0.1) is 0 Å². The maximum Gasteiger partial charge on any atom is 0.223 e. The lowest BCUT2D eigenvalue weighted by atomic mass is 9.95. The summed E-state index contributed by atoms with van der Waals surface area (Å²) in [4.78, 5) is 12.5. The number of sulfonamides is 1. The van der Waals surface area contributed by atoms with E-state index in [1.807, 2.05) is 20.8 Å². The molecule has 1 atom stereocenters. The van der Waals surface area contributed by atoms with Gasteiger partial charge in [-0.2, -0.15) is 0 Å². The summed E-state index contributed by atoms with van der Waals surface area (Å²) in [7, 11) is -3.15. The number of nitrogens with zero attached hydrogens (tertiary/aromatic N) is 1. The topological polar surface area (TPSA) is 66.5 Å². The second kappa shape index (κ2) is 7.01. The Labute approximate surface area is 139 Å². The van der Waals surface area contributed by atoms with Gasteiger partial charge in [-0.05, 0) is 44.7 Å². The summed E-state index contributed by atoms with van der Waals surface area (Å²) in [5, 5.41) is 3.08. The fraction of sp³-hybridized carbons (Fsp3) is 0.588. The molecule has 0 aromatic heterocycles. The van der Waals surface area contributed by atoms with E-state index >= 15 is 0 Å². The molecule has 1 aliphatic heterocycles. The van der Waals surface area contributed by atoms with Crippen LogP contribution in [0, 0.1) is 19.8 Å². The van der Waals surface area contributed by atoms with E-state index < -0.39 is 10.0 Å². The fourth-order valence-corrected chi connectivity index (χ4v) is 3.96. The monoisotopic (exact) mass is 338 g/mol. The van der Waals surface area contributed by atoms with Crippen LogP contribution < -0.4 is 5.32 Å². The molecule has 1 N–H and O–H groups in total. The molecule has 0 spiro atoms. The van der Waals surface area contributed by atoms with Crippen LogP contribution in [0.1, 0.15) is 42.5 Å². The van der Waals surface area contributed by atoms with Crippen LogP contribution >= 0.6 is 0 Å². The Hall–Kier alpha value is -1.40. The third kappa shape index (κ3) is 4.54. The van der Waals surface area contributed by atoms with Crippen molar-refractivity contribution in [3.05, 3.63) is 34.9 Å². The average molecular weight is 338 g/mol. The van der Waals surface area contributed by atoms with E-state index in [0.29, 0.717) is 25.9 Å². The minimum absolute atomic E-state index is 0.0200. The summed E-state index contributed by atoms with van der Waals surface area (Å²) in [5.41, 5.74) is 3.47. The molecular weight excluding hydrogens is 312 g/mol. The molecule has 1 aliphatic rings. The quantitative estimate of drug-likeness (QED) is 0.915. The standard InChI is InChI=1S/C17H26N2O3S/c1-12-5-6-13(2)16(11-12)14(3)18-17(20)15-7-9-19(10-8-15)23(4,21)22/h5-6,11,14-15H,7-10H2,1-4H3,(H,18,20). The highest BCUT2D eigenvalue weighted by Crippen LogP contribution is 2.23. The number of hydrogen-bond acceptors (Lipinski definition) is 3. The van der Waals surface area contributed by atoms with Crippen molar-refractivity contribution in [3.8, 4) is 0 Å². The lowest BCUT2D eigenvalue weighted by molar-refractivity contribution is -0.126. The molecule has 1 aromatic rings. The molecular formula is C17H26N2O3S. The molecule has 128 valence electrons. The lowest BCUT2D eigenvalue weighted by Gasteiger charge is -2.30. The Balaban J connectivity index is 1.96. The zero-order valence-electron chi connectivity index (χ0n) is 14.3. The molecule has 1 heterocycles. The SMILES string of the molecule is Cc1ccc(C)c(C(C)NC(=O)C2CCN(S(C)(=O)=O)CC2)c1. The van der Waals surface area contributed by atoms with E-state index in [4.69, 9.17) is 0 Å². The predicted octanol–water partition coefficient (Wildman–Crippen LogP) is 2.15. The molecule has 6 heteroatoms. The number of piperidine rings is 1. The highest BCUT2D eigenvalue weighted by molar-refractivity contribution is 7.88. The number of benzene rings is 1. The van der Waals surface area contributed by atoms with Gasteiger partial charge < -0.3 is 5.32 Å². The predicted molar refractivity (Wildman–Crippen MR) is 91.6 cm³/mol. The number of carbonyl (C=O) groups excluding carboxylic acids is 1. The van der Waals surface area contributed by atoms with E-state index in [9.17, 15) is 13.2 Å². The fourth-order valence-electron chi connectivity index (χ4n) is 3.09. The van der Waals surface area contributed by atoms with Crippen molar-refractivity contribution in [3.63, 3.8) is 0 Å². The molecule has 0 aliphatic carbocycles. The largest absolute Gasteiger partial charge is 0.349 e. The van der Waals surface area contributed by atoms with Gasteiger partial charge in [0.25, 0.3) is 0 Å². The first-order valence-corrected chi connectivity index (χ1v) is 9.86. The summed E-state index contributed by atoms with van der Waals surface area (Å²) in [6.07, 6.45) is 2.38. The summed E-state index contributed by atoms with van der Waals surface area (Å²) < 4.78 is 24.5. The number of hydrogen-bond donors (Lipinski definition) is 1. The number of carbonyl (C=O) groups is 1. The van der Waals surface area contributed by atoms with Crippen LogP contribution in [0.3, 0.4) is 0 Å². The van der Waals surface area contributed by atoms with Crippen LogP contribution in [0.5, 0.6) is 0 Å². The first kappa shape index (κ1) is 17.9. The normalized spacial score (nSPS) is 18.6. The third-order valence-electron chi connectivity index (χ3n) is 4.55. The van der Waals surface area contributed by atoms with Gasteiger partial charge in [0.1, 0.15) is 0 Å². The van der Waals surface area contributed by atoms with Crippen LogP contribution in [0.4, 0.5) is 0 Å². The average Bonchev–Trinajstić information content (AvgIpc) is 2.48. The number of aryl methyl sites for hydroxylation is 2. The zero-order valence-corrected chi connectivity index (χ0v) is 15.1. The van der Waals surface area contributed by atoms with Crippen LogP contribution in [0.25, 0.3) is 0 Å². The van der Waals surface area contributed by atoms with Gasteiger partial charge in [0, 0.05) is 19.0 Å². The molecule has 0 bridgehead atoms. The maximum atomic E-state index is 12.5. The minimum Gasteiger partial charge on any atom is -0.349 e. The molecule has 23 heavy (non-hydrogen) atoms. The molecule has 0 saturated carbocycles. The van der Waals surface area contributed by atoms with Gasteiger partial charge in [0.05, 0.1) is 12.3 Å². The molecule has 1 fully saturated rings. The summed E-state index contributed by atoms with van der Waals surface area (Å²) in [6, 6.07) is 6.19. The zero-order chi connectivity index (χ0) is 17.2. The lowest BCUT2D eigenvalue weighted by Crippen LogP contribution is -2.43.